The molecular weight excluding hydrogens is 292 g/mol. The summed E-state index contributed by atoms with van der Waals surface area (Å²) in [6, 6.07) is 11.6. The third-order valence-corrected chi connectivity index (χ3v) is 3.42. The third-order valence-electron chi connectivity index (χ3n) is 3.19. The Morgan fingerprint density at radius 1 is 1.14 bits per heavy atom. The van der Waals surface area contributed by atoms with Crippen molar-refractivity contribution < 1.29 is 4.74 Å². The largest absolute Gasteiger partial charge is 0.495 e. The zero-order chi connectivity index (χ0) is 15.0. The van der Waals surface area contributed by atoms with Gasteiger partial charge < -0.3 is 9.72 Å². The molecule has 1 heterocycles. The second-order valence-corrected chi connectivity index (χ2v) is 4.87. The topological polar surface area (TPSA) is 64.1 Å². The normalized spacial score (nSPS) is 10.8. The number of H-pyrrole nitrogens is 1. The molecule has 0 saturated heterocycles. The summed E-state index contributed by atoms with van der Waals surface area (Å²) in [4.78, 5) is 27.5. The maximum atomic E-state index is 12.6. The minimum absolute atomic E-state index is 0.307. The fourth-order valence-corrected chi connectivity index (χ4v) is 2.39. The van der Waals surface area contributed by atoms with E-state index in [0.717, 1.165) is 4.57 Å². The zero-order valence-electron chi connectivity index (χ0n) is 11.1. The number of aromatic nitrogens is 2. The predicted octanol–water partition coefficient (Wildman–Crippen LogP) is 2.34. The van der Waals surface area contributed by atoms with Gasteiger partial charge in [-0.25, -0.2) is 9.36 Å². The van der Waals surface area contributed by atoms with Crippen molar-refractivity contribution in [1.82, 2.24) is 9.55 Å². The van der Waals surface area contributed by atoms with Crippen LogP contribution in [0, 0.1) is 0 Å². The number of benzene rings is 2. The molecule has 0 aliphatic carbocycles. The molecule has 1 N–H and O–H groups in total. The van der Waals surface area contributed by atoms with Crippen LogP contribution in [0.15, 0.2) is 52.1 Å². The third kappa shape index (κ3) is 2.21. The first-order valence-corrected chi connectivity index (χ1v) is 6.57. The van der Waals surface area contributed by atoms with Crippen molar-refractivity contribution >= 4 is 22.5 Å². The maximum absolute atomic E-state index is 12.6. The van der Waals surface area contributed by atoms with E-state index < -0.39 is 11.2 Å². The van der Waals surface area contributed by atoms with Gasteiger partial charge in [-0.05, 0) is 30.3 Å². The molecule has 3 rings (SSSR count). The van der Waals surface area contributed by atoms with Gasteiger partial charge in [-0.3, -0.25) is 4.79 Å². The molecule has 6 heteroatoms. The average Bonchev–Trinajstić information content (AvgIpc) is 2.47. The van der Waals surface area contributed by atoms with Gasteiger partial charge in [0, 0.05) is 5.02 Å². The van der Waals surface area contributed by atoms with Crippen molar-refractivity contribution in [3.05, 3.63) is 68.3 Å². The molecule has 0 saturated carbocycles. The Bertz CT molecular complexity index is 944. The van der Waals surface area contributed by atoms with Gasteiger partial charge in [0.1, 0.15) is 5.75 Å². The summed E-state index contributed by atoms with van der Waals surface area (Å²) in [7, 11) is 1.47. The van der Waals surface area contributed by atoms with Crippen molar-refractivity contribution in [3.63, 3.8) is 0 Å². The Morgan fingerprint density at radius 3 is 2.67 bits per heavy atom. The van der Waals surface area contributed by atoms with Gasteiger partial charge in [0.05, 0.1) is 23.7 Å². The van der Waals surface area contributed by atoms with Gasteiger partial charge in [0.25, 0.3) is 5.56 Å². The Hall–Kier alpha value is -2.53. The van der Waals surface area contributed by atoms with Crippen molar-refractivity contribution in [3.8, 4) is 11.4 Å². The molecule has 0 unspecified atom stereocenters. The molecule has 0 radical (unpaired) electrons. The SMILES string of the molecule is COc1ccc(Cl)cc1-n1c(=O)[nH]c2ccccc2c1=O. The summed E-state index contributed by atoms with van der Waals surface area (Å²) in [5, 5.41) is 0.824. The molecule has 1 aromatic heterocycles. The van der Waals surface area contributed by atoms with Gasteiger partial charge >= 0.3 is 5.69 Å². The van der Waals surface area contributed by atoms with E-state index in [2.05, 4.69) is 4.98 Å². The molecule has 0 aliphatic rings. The molecule has 5 nitrogen and oxygen atoms in total. The van der Waals surface area contributed by atoms with Crippen LogP contribution in [0.4, 0.5) is 0 Å². The lowest BCUT2D eigenvalue weighted by molar-refractivity contribution is 0.412. The standard InChI is InChI=1S/C15H11ClN2O3/c1-21-13-7-6-9(16)8-12(13)18-14(19)10-4-2-3-5-11(10)17-15(18)20/h2-8H,1H3,(H,17,20). The molecule has 21 heavy (non-hydrogen) atoms. The minimum Gasteiger partial charge on any atom is -0.495 e. The number of hydrogen-bond donors (Lipinski definition) is 1. The highest BCUT2D eigenvalue weighted by molar-refractivity contribution is 6.30. The second-order valence-electron chi connectivity index (χ2n) is 4.43. The monoisotopic (exact) mass is 302 g/mol. The highest BCUT2D eigenvalue weighted by atomic mass is 35.5. The van der Waals surface area contributed by atoms with Gasteiger partial charge in [-0.1, -0.05) is 23.7 Å². The molecule has 0 spiro atoms. The number of ether oxygens (including phenoxy) is 1. The average molecular weight is 303 g/mol. The first-order chi connectivity index (χ1) is 10.1. The van der Waals surface area contributed by atoms with E-state index in [1.54, 1.807) is 36.4 Å². The first kappa shape index (κ1) is 13.5. The lowest BCUT2D eigenvalue weighted by atomic mass is 10.2. The van der Waals surface area contributed by atoms with Crippen LogP contribution >= 0.6 is 11.6 Å². The van der Waals surface area contributed by atoms with E-state index in [9.17, 15) is 9.59 Å². The summed E-state index contributed by atoms with van der Waals surface area (Å²) in [5.74, 6) is 0.391. The lowest BCUT2D eigenvalue weighted by Gasteiger charge is -2.11. The van der Waals surface area contributed by atoms with Crippen LogP contribution in [0.25, 0.3) is 16.6 Å². The highest BCUT2D eigenvalue weighted by Crippen LogP contribution is 2.24. The number of rotatable bonds is 2. The molecule has 3 aromatic rings. The van der Waals surface area contributed by atoms with Crippen molar-refractivity contribution in [1.29, 1.82) is 0 Å². The Balaban J connectivity index is 2.44. The fourth-order valence-electron chi connectivity index (χ4n) is 2.22. The summed E-state index contributed by atoms with van der Waals surface area (Å²) in [6.45, 7) is 0. The summed E-state index contributed by atoms with van der Waals surface area (Å²) in [5.41, 5.74) is -0.166. The van der Waals surface area contributed by atoms with E-state index in [1.807, 2.05) is 0 Å². The molecule has 0 bridgehead atoms. The smallest absolute Gasteiger partial charge is 0.333 e. The lowest BCUT2D eigenvalue weighted by Crippen LogP contribution is -2.33. The Labute approximate surface area is 124 Å². The molecule has 0 aliphatic heterocycles. The molecule has 0 atom stereocenters. The Kier molecular flexibility index (Phi) is 3.27. The van der Waals surface area contributed by atoms with E-state index in [0.29, 0.717) is 27.4 Å². The van der Waals surface area contributed by atoms with Gasteiger partial charge in [-0.2, -0.15) is 0 Å². The number of aromatic amines is 1. The maximum Gasteiger partial charge on any atom is 0.333 e. The van der Waals surface area contributed by atoms with Crippen molar-refractivity contribution in [2.75, 3.05) is 7.11 Å². The number of halogens is 1. The molecule has 0 fully saturated rings. The van der Waals surface area contributed by atoms with Crippen LogP contribution < -0.4 is 16.0 Å². The van der Waals surface area contributed by atoms with Crippen LogP contribution in [0.5, 0.6) is 5.75 Å². The van der Waals surface area contributed by atoms with Crippen LogP contribution in [-0.4, -0.2) is 16.7 Å². The minimum atomic E-state index is -0.542. The van der Waals surface area contributed by atoms with E-state index >= 15 is 0 Å². The van der Waals surface area contributed by atoms with Gasteiger partial charge in [0.2, 0.25) is 0 Å². The summed E-state index contributed by atoms with van der Waals surface area (Å²) < 4.78 is 6.23. The van der Waals surface area contributed by atoms with Crippen LogP contribution in [0.2, 0.25) is 5.02 Å². The Morgan fingerprint density at radius 2 is 1.90 bits per heavy atom. The van der Waals surface area contributed by atoms with E-state index in [-0.39, 0.29) is 0 Å². The zero-order valence-corrected chi connectivity index (χ0v) is 11.8. The van der Waals surface area contributed by atoms with Crippen LogP contribution in [0.3, 0.4) is 0 Å². The molecule has 2 aromatic carbocycles. The summed E-state index contributed by atoms with van der Waals surface area (Å²) >= 11 is 5.96. The summed E-state index contributed by atoms with van der Waals surface area (Å²) in [6.07, 6.45) is 0. The van der Waals surface area contributed by atoms with Crippen LogP contribution in [0.1, 0.15) is 0 Å². The number of para-hydroxylation sites is 1. The van der Waals surface area contributed by atoms with E-state index in [4.69, 9.17) is 16.3 Å². The van der Waals surface area contributed by atoms with Crippen molar-refractivity contribution in [2.45, 2.75) is 0 Å². The number of nitrogens with zero attached hydrogens (tertiary/aromatic N) is 1. The number of nitrogens with one attached hydrogen (secondary N) is 1. The first-order valence-electron chi connectivity index (χ1n) is 6.20. The molecule has 106 valence electrons. The molecule has 0 amide bonds. The van der Waals surface area contributed by atoms with Crippen molar-refractivity contribution in [2.24, 2.45) is 0 Å². The van der Waals surface area contributed by atoms with Gasteiger partial charge in [0.15, 0.2) is 0 Å². The van der Waals surface area contributed by atoms with E-state index in [1.165, 1.54) is 13.2 Å². The number of fused-ring (bicyclic) bond motifs is 1. The second kappa shape index (κ2) is 5.10. The quantitative estimate of drug-likeness (QED) is 0.790. The molecular formula is C15H11ClN2O3. The predicted molar refractivity (Wildman–Crippen MR) is 81.7 cm³/mol. The number of methoxy groups -OCH3 is 1. The fraction of sp³-hybridized carbons (Fsp3) is 0.0667. The van der Waals surface area contributed by atoms with Crippen LogP contribution in [-0.2, 0) is 0 Å². The van der Waals surface area contributed by atoms with Gasteiger partial charge in [-0.15, -0.1) is 0 Å². The highest BCUT2D eigenvalue weighted by Gasteiger charge is 2.13. The number of hydrogen-bond acceptors (Lipinski definition) is 3.